The first-order chi connectivity index (χ1) is 31.6. The zero-order valence-electron chi connectivity index (χ0n) is 37.5. The third kappa shape index (κ3) is 8.63. The Bertz CT molecular complexity index is 1760. The second kappa shape index (κ2) is 19.4. The molecule has 4 aliphatic carbocycles. The highest BCUT2D eigenvalue weighted by molar-refractivity contribution is 5.75. The lowest BCUT2D eigenvalue weighted by atomic mass is 9.41. The number of aliphatic hydroxyl groups excluding tert-OH is 13. The van der Waals surface area contributed by atoms with Gasteiger partial charge in [0.25, 0.3) is 0 Å². The Morgan fingerprint density at radius 1 is 0.567 bits per heavy atom. The minimum Gasteiger partial charge on any atom is -0.481 e. The molecule has 0 aromatic rings. The van der Waals surface area contributed by atoms with Gasteiger partial charge in [-0.15, -0.1) is 0 Å². The number of aliphatic carboxylic acids is 1. The summed E-state index contributed by atoms with van der Waals surface area (Å²) in [6.07, 6.45) is -30.6. The first-order valence-electron chi connectivity index (χ1n) is 23.4. The number of hydrogen-bond acceptors (Lipinski definition) is 22. The number of ether oxygens (including phenoxy) is 8. The lowest BCUT2D eigenvalue weighted by Gasteiger charge is -2.64. The lowest BCUT2D eigenvalue weighted by Crippen LogP contribution is -2.68. The topological polar surface area (TPSA) is 374 Å². The molecule has 4 saturated heterocycles. The van der Waals surface area contributed by atoms with Gasteiger partial charge in [-0.2, -0.15) is 0 Å². The van der Waals surface area contributed by atoms with Gasteiger partial charge in [-0.3, -0.25) is 4.79 Å². The van der Waals surface area contributed by atoms with Crippen molar-refractivity contribution >= 4 is 5.97 Å². The summed E-state index contributed by atoms with van der Waals surface area (Å²) in [7, 11) is 0. The second-order valence-electron chi connectivity index (χ2n) is 20.8. The first-order valence-corrected chi connectivity index (χ1v) is 23.4. The van der Waals surface area contributed by atoms with Crippen molar-refractivity contribution in [3.05, 3.63) is 12.2 Å². The van der Waals surface area contributed by atoms with Crippen LogP contribution in [0.25, 0.3) is 0 Å². The van der Waals surface area contributed by atoms with Gasteiger partial charge in [-0.25, -0.2) is 0 Å². The largest absolute Gasteiger partial charge is 0.481 e. The van der Waals surface area contributed by atoms with Crippen molar-refractivity contribution in [2.24, 2.45) is 28.1 Å². The molecule has 1 spiro atoms. The molecule has 4 saturated carbocycles. The van der Waals surface area contributed by atoms with E-state index >= 15 is 0 Å². The normalized spacial score (nSPS) is 54.6. The summed E-state index contributed by atoms with van der Waals surface area (Å²) in [5, 5.41) is 150. The molecule has 2 bridgehead atoms. The Labute approximate surface area is 386 Å². The van der Waals surface area contributed by atoms with Gasteiger partial charge in [0.1, 0.15) is 97.7 Å². The van der Waals surface area contributed by atoms with Crippen LogP contribution in [-0.4, -0.2) is 232 Å². The molecular weight excluding hydrogens is 896 g/mol. The van der Waals surface area contributed by atoms with E-state index in [0.717, 1.165) is 12.8 Å². The standard InChI is InChI=1S/C44H70O23/c1-17-11-43-9-5-22-41(2,7-4-8-42(22,3)40(58)59)23(43)6-10-44(17,16-43)67-39-35(34(27(52)21(15-48)63-39)65-37-31(56)29(54)25(50)19(13-46)61-37)66-38-32(57)33(26(51)20(14-47)62-38)64-36-30(55)28(53)24(49)18(12-45)60-36/h18-39,45-57H,1,4-16H2,2-3H3,(H,58,59)/t18-,19-,20-,21-,22-,23-,24-,25-,26-,27-,28+,29+,30-,31-,32-,33+,34+,35-,36-,37+,38+,39+,41+,42?,43+,44+/m1/s1. The quantitative estimate of drug-likeness (QED) is 0.0610. The molecule has 8 aliphatic rings. The second-order valence-corrected chi connectivity index (χ2v) is 20.8. The van der Waals surface area contributed by atoms with Gasteiger partial charge in [0.15, 0.2) is 25.2 Å². The molecule has 23 nitrogen and oxygen atoms in total. The lowest BCUT2D eigenvalue weighted by molar-refractivity contribution is -0.406. The molecule has 1 unspecified atom stereocenters. The molecular formula is C44H70O23. The van der Waals surface area contributed by atoms with Crippen molar-refractivity contribution in [2.45, 2.75) is 200 Å². The van der Waals surface area contributed by atoms with Crippen LogP contribution in [0.4, 0.5) is 0 Å². The summed E-state index contributed by atoms with van der Waals surface area (Å²) in [6.45, 7) is 5.15. The fraction of sp³-hybridized carbons (Fsp3) is 0.932. The minimum atomic E-state index is -2.09. The van der Waals surface area contributed by atoms with Crippen molar-refractivity contribution in [1.82, 2.24) is 0 Å². The van der Waals surface area contributed by atoms with Gasteiger partial charge >= 0.3 is 5.97 Å². The molecule has 8 fully saturated rings. The van der Waals surface area contributed by atoms with E-state index in [1.54, 1.807) is 0 Å². The molecule has 8 rings (SSSR count). The molecule has 384 valence electrons. The summed E-state index contributed by atoms with van der Waals surface area (Å²) in [5.74, 6) is -0.757. The predicted molar refractivity (Wildman–Crippen MR) is 219 cm³/mol. The molecule has 0 aromatic carbocycles. The fourth-order valence-electron chi connectivity index (χ4n) is 13.6. The van der Waals surface area contributed by atoms with Crippen LogP contribution in [0, 0.1) is 28.1 Å². The van der Waals surface area contributed by atoms with Gasteiger partial charge in [0.05, 0.1) is 37.4 Å². The van der Waals surface area contributed by atoms with Crippen LogP contribution >= 0.6 is 0 Å². The maximum absolute atomic E-state index is 12.8. The molecule has 0 aromatic heterocycles. The van der Waals surface area contributed by atoms with Gasteiger partial charge < -0.3 is 109 Å². The van der Waals surface area contributed by atoms with Crippen molar-refractivity contribution in [3.8, 4) is 0 Å². The number of aliphatic hydroxyl groups is 13. The average Bonchev–Trinajstić information content (AvgIpc) is 3.49. The minimum absolute atomic E-state index is 0.0626. The van der Waals surface area contributed by atoms with Crippen molar-refractivity contribution in [3.63, 3.8) is 0 Å². The fourth-order valence-corrected chi connectivity index (χ4v) is 13.6. The van der Waals surface area contributed by atoms with Crippen LogP contribution in [0.2, 0.25) is 0 Å². The van der Waals surface area contributed by atoms with Gasteiger partial charge in [0, 0.05) is 0 Å². The summed E-state index contributed by atoms with van der Waals surface area (Å²) >= 11 is 0. The first kappa shape index (κ1) is 51.7. The molecule has 0 radical (unpaired) electrons. The highest BCUT2D eigenvalue weighted by Gasteiger charge is 2.69. The maximum Gasteiger partial charge on any atom is 0.309 e. The molecule has 23 heteroatoms. The molecule has 14 N–H and O–H groups in total. The summed E-state index contributed by atoms with van der Waals surface area (Å²) in [5.41, 5.74) is -1.98. The zero-order chi connectivity index (χ0) is 48.7. The molecule has 4 heterocycles. The van der Waals surface area contributed by atoms with E-state index in [4.69, 9.17) is 37.9 Å². The van der Waals surface area contributed by atoms with Crippen molar-refractivity contribution < 1.29 is 114 Å². The molecule has 0 amide bonds. The monoisotopic (exact) mass is 966 g/mol. The SMILES string of the molecule is C=C1C[C@]23CC[C@H]4C(C)(C(=O)O)CCC[C@]4(C)[C@H]2CC[C@]1(O[C@@H]1O[C@H](CO)[C@@H](O)[C@H](O[C@@H]2O[C@H](CO)[C@@H](O)[C@H](O)[C@H]2O)[C@H]1O[C@@H]1O[C@H](CO)[C@@H](O)[C@H](O[C@H]2O[C@H](CO)[C@@H](O)[C@H](O)[C@H]2O)[C@H]1O)C3. The van der Waals surface area contributed by atoms with E-state index in [0.29, 0.717) is 50.5 Å². The van der Waals surface area contributed by atoms with E-state index in [-0.39, 0.29) is 22.7 Å². The van der Waals surface area contributed by atoms with E-state index in [2.05, 4.69) is 13.5 Å². The Morgan fingerprint density at radius 2 is 1.03 bits per heavy atom. The van der Waals surface area contributed by atoms with Crippen molar-refractivity contribution in [2.75, 3.05) is 26.4 Å². The van der Waals surface area contributed by atoms with Gasteiger partial charge in [0.2, 0.25) is 0 Å². The smallest absolute Gasteiger partial charge is 0.309 e. The van der Waals surface area contributed by atoms with Gasteiger partial charge in [-0.05, 0) is 86.5 Å². The Balaban J connectivity index is 1.12. The number of hydrogen-bond donors (Lipinski definition) is 14. The van der Waals surface area contributed by atoms with E-state index in [9.17, 15) is 76.3 Å². The van der Waals surface area contributed by atoms with Crippen LogP contribution in [0.1, 0.15) is 71.6 Å². The maximum atomic E-state index is 12.8. The molecule has 67 heavy (non-hydrogen) atoms. The van der Waals surface area contributed by atoms with Crippen LogP contribution in [0.5, 0.6) is 0 Å². The zero-order valence-corrected chi connectivity index (χ0v) is 37.5. The highest BCUT2D eigenvalue weighted by Crippen LogP contribution is 2.73. The van der Waals surface area contributed by atoms with Gasteiger partial charge in [-0.1, -0.05) is 19.9 Å². The number of carbonyl (C=O) groups is 1. The molecule has 26 atom stereocenters. The third-order valence-corrected chi connectivity index (χ3v) is 17.1. The summed E-state index contributed by atoms with van der Waals surface area (Å²) in [6, 6.07) is 0. The Hall–Kier alpha value is -1.63. The van der Waals surface area contributed by atoms with Crippen LogP contribution in [0.15, 0.2) is 12.2 Å². The van der Waals surface area contributed by atoms with E-state index in [1.807, 2.05) is 6.92 Å². The third-order valence-electron chi connectivity index (χ3n) is 17.1. The van der Waals surface area contributed by atoms with E-state index in [1.165, 1.54) is 0 Å². The predicted octanol–water partition coefficient (Wildman–Crippen LogP) is -4.55. The highest BCUT2D eigenvalue weighted by atomic mass is 16.8. The van der Waals surface area contributed by atoms with Crippen LogP contribution in [0.3, 0.4) is 0 Å². The number of fused-ring (bicyclic) bond motifs is 3. The Morgan fingerprint density at radius 3 is 1.57 bits per heavy atom. The van der Waals surface area contributed by atoms with Crippen molar-refractivity contribution in [1.29, 1.82) is 0 Å². The summed E-state index contributed by atoms with van der Waals surface area (Å²) < 4.78 is 48.6. The number of rotatable bonds is 13. The number of carboxylic acids is 1. The molecule has 4 aliphatic heterocycles. The van der Waals surface area contributed by atoms with Crippen LogP contribution < -0.4 is 0 Å². The number of carboxylic acid groups (broad SMARTS) is 1. The van der Waals surface area contributed by atoms with Crippen LogP contribution in [-0.2, 0) is 42.7 Å². The van der Waals surface area contributed by atoms with E-state index < -0.39 is 166 Å². The Kier molecular flexibility index (Phi) is 15.0. The average molecular weight is 967 g/mol. The summed E-state index contributed by atoms with van der Waals surface area (Å²) in [4.78, 5) is 12.8.